The number of hydrogen-bond acceptors (Lipinski definition) is 5. The second-order valence-corrected chi connectivity index (χ2v) is 4.61. The number of rotatable bonds is 3. The molecule has 104 valence electrons. The molecule has 1 fully saturated rings. The van der Waals surface area contributed by atoms with Crippen LogP contribution < -0.4 is 5.32 Å². The first-order chi connectivity index (χ1) is 9.62. The number of aromatic nitrogens is 3. The van der Waals surface area contributed by atoms with E-state index in [0.29, 0.717) is 12.1 Å². The molecule has 8 heteroatoms. The number of amides is 1. The third kappa shape index (κ3) is 1.90. The van der Waals surface area contributed by atoms with E-state index in [-0.39, 0.29) is 18.6 Å². The molecule has 2 aromatic heterocycles. The van der Waals surface area contributed by atoms with Crippen LogP contribution in [0.15, 0.2) is 24.8 Å². The molecule has 1 aliphatic heterocycles. The Labute approximate surface area is 113 Å². The van der Waals surface area contributed by atoms with E-state index in [9.17, 15) is 14.7 Å². The van der Waals surface area contributed by atoms with Crippen molar-refractivity contribution >= 4 is 17.4 Å². The van der Waals surface area contributed by atoms with Gasteiger partial charge in [-0.15, -0.1) is 0 Å². The molecule has 1 aliphatic rings. The zero-order chi connectivity index (χ0) is 14.2. The highest BCUT2D eigenvalue weighted by Gasteiger charge is 2.44. The van der Waals surface area contributed by atoms with E-state index in [1.54, 1.807) is 12.4 Å². The van der Waals surface area contributed by atoms with Crippen LogP contribution >= 0.6 is 0 Å². The van der Waals surface area contributed by atoms with Crippen LogP contribution in [-0.2, 0) is 9.53 Å². The summed E-state index contributed by atoms with van der Waals surface area (Å²) in [6.07, 6.45) is 6.28. The molecule has 0 bridgehead atoms. The Bertz CT molecular complexity index is 675. The summed E-state index contributed by atoms with van der Waals surface area (Å²) in [5, 5.41) is 15.9. The van der Waals surface area contributed by atoms with Crippen molar-refractivity contribution in [3.63, 3.8) is 0 Å². The largest absolute Gasteiger partial charge is 0.479 e. The van der Waals surface area contributed by atoms with Gasteiger partial charge in [-0.05, 0) is 0 Å². The lowest BCUT2D eigenvalue weighted by Crippen LogP contribution is -2.55. The van der Waals surface area contributed by atoms with E-state index in [0.717, 1.165) is 0 Å². The maximum Gasteiger partial charge on any atom is 0.331 e. The minimum absolute atomic E-state index is 0.0362. The molecule has 2 aromatic rings. The molecule has 8 nitrogen and oxygen atoms in total. The third-order valence-electron chi connectivity index (χ3n) is 3.35. The minimum Gasteiger partial charge on any atom is -0.479 e. The molecule has 3 rings (SSSR count). The molecule has 0 spiro atoms. The molecule has 1 saturated heterocycles. The lowest BCUT2D eigenvalue weighted by atomic mass is 9.98. The number of carboxylic acid groups (broad SMARTS) is 1. The second-order valence-electron chi connectivity index (χ2n) is 4.61. The number of carboxylic acids is 1. The SMILES string of the molecule is O=C(NC1(C(=O)O)CCOC1)c1cnn2ccncc12. The lowest BCUT2D eigenvalue weighted by molar-refractivity contribution is -0.144. The highest BCUT2D eigenvalue weighted by molar-refractivity contribution is 6.02. The molecule has 1 amide bonds. The van der Waals surface area contributed by atoms with Gasteiger partial charge in [0.15, 0.2) is 5.54 Å². The van der Waals surface area contributed by atoms with E-state index in [2.05, 4.69) is 15.4 Å². The molecule has 0 aromatic carbocycles. The van der Waals surface area contributed by atoms with E-state index in [1.807, 2.05) is 0 Å². The van der Waals surface area contributed by atoms with Crippen LogP contribution in [-0.4, -0.2) is 50.3 Å². The predicted molar refractivity (Wildman–Crippen MR) is 66.3 cm³/mol. The van der Waals surface area contributed by atoms with E-state index >= 15 is 0 Å². The average molecular weight is 276 g/mol. The topological polar surface area (TPSA) is 106 Å². The zero-order valence-corrected chi connectivity index (χ0v) is 10.4. The fourth-order valence-corrected chi connectivity index (χ4v) is 2.18. The molecule has 1 unspecified atom stereocenters. The van der Waals surface area contributed by atoms with Gasteiger partial charge < -0.3 is 15.2 Å². The summed E-state index contributed by atoms with van der Waals surface area (Å²) in [6, 6.07) is 0. The van der Waals surface area contributed by atoms with Crippen LogP contribution in [0.25, 0.3) is 5.52 Å². The van der Waals surface area contributed by atoms with Crippen LogP contribution in [0, 0.1) is 0 Å². The summed E-state index contributed by atoms with van der Waals surface area (Å²) in [5.41, 5.74) is -0.567. The summed E-state index contributed by atoms with van der Waals surface area (Å²) in [6.45, 7) is 0.272. The van der Waals surface area contributed by atoms with Crippen molar-refractivity contribution in [3.8, 4) is 0 Å². The van der Waals surface area contributed by atoms with Crippen molar-refractivity contribution in [2.75, 3.05) is 13.2 Å². The number of ether oxygens (including phenoxy) is 1. The maximum atomic E-state index is 12.3. The van der Waals surface area contributed by atoms with E-state index in [1.165, 1.54) is 16.9 Å². The summed E-state index contributed by atoms with van der Waals surface area (Å²) in [7, 11) is 0. The quantitative estimate of drug-likeness (QED) is 0.797. The molecule has 1 atom stereocenters. The monoisotopic (exact) mass is 276 g/mol. The van der Waals surface area contributed by atoms with Gasteiger partial charge in [0.2, 0.25) is 0 Å². The van der Waals surface area contributed by atoms with Crippen molar-refractivity contribution in [1.29, 1.82) is 0 Å². The second kappa shape index (κ2) is 4.57. The van der Waals surface area contributed by atoms with Crippen LogP contribution in [0.2, 0.25) is 0 Å². The zero-order valence-electron chi connectivity index (χ0n) is 10.4. The number of nitrogens with zero attached hydrogens (tertiary/aromatic N) is 3. The van der Waals surface area contributed by atoms with E-state index < -0.39 is 17.4 Å². The van der Waals surface area contributed by atoms with Gasteiger partial charge in [-0.25, -0.2) is 9.31 Å². The first-order valence-corrected chi connectivity index (χ1v) is 6.03. The van der Waals surface area contributed by atoms with Crippen molar-refractivity contribution in [2.45, 2.75) is 12.0 Å². The molecular formula is C12H12N4O4. The van der Waals surface area contributed by atoms with Gasteiger partial charge in [0.1, 0.15) is 0 Å². The van der Waals surface area contributed by atoms with Gasteiger partial charge >= 0.3 is 5.97 Å². The fourth-order valence-electron chi connectivity index (χ4n) is 2.18. The smallest absolute Gasteiger partial charge is 0.331 e. The Morgan fingerprint density at radius 2 is 2.30 bits per heavy atom. The summed E-state index contributed by atoms with van der Waals surface area (Å²) in [4.78, 5) is 27.6. The molecule has 2 N–H and O–H groups in total. The van der Waals surface area contributed by atoms with Gasteiger partial charge in [0.25, 0.3) is 5.91 Å². The summed E-state index contributed by atoms with van der Waals surface area (Å²) in [5.74, 6) is -1.60. The number of hydrogen-bond donors (Lipinski definition) is 2. The predicted octanol–water partition coefficient (Wildman–Crippen LogP) is -0.297. The highest BCUT2D eigenvalue weighted by atomic mass is 16.5. The van der Waals surface area contributed by atoms with Gasteiger partial charge in [-0.3, -0.25) is 9.78 Å². The molecule has 0 radical (unpaired) electrons. The first kappa shape index (κ1) is 12.5. The van der Waals surface area contributed by atoms with E-state index in [4.69, 9.17) is 4.74 Å². The van der Waals surface area contributed by atoms with Gasteiger partial charge in [-0.2, -0.15) is 5.10 Å². The standard InChI is InChI=1S/C12H12N4O4/c17-10(15-12(11(18)19)1-4-20-7-12)8-5-14-16-3-2-13-6-9(8)16/h2-3,5-6H,1,4,7H2,(H,15,17)(H,18,19). The van der Waals surface area contributed by atoms with Gasteiger partial charge in [0, 0.05) is 25.4 Å². The summed E-state index contributed by atoms with van der Waals surface area (Å²) >= 11 is 0. The Balaban J connectivity index is 1.91. The Morgan fingerprint density at radius 3 is 3.00 bits per heavy atom. The van der Waals surface area contributed by atoms with Crippen LogP contribution in [0.1, 0.15) is 16.8 Å². The molecule has 20 heavy (non-hydrogen) atoms. The molecular weight excluding hydrogens is 264 g/mol. The lowest BCUT2D eigenvalue weighted by Gasteiger charge is -2.23. The summed E-state index contributed by atoms with van der Waals surface area (Å²) < 4.78 is 6.60. The number of carbonyl (C=O) groups is 2. The normalized spacial score (nSPS) is 22.0. The van der Waals surface area contributed by atoms with Crippen LogP contribution in [0.5, 0.6) is 0 Å². The van der Waals surface area contributed by atoms with Gasteiger partial charge in [0.05, 0.1) is 30.1 Å². The van der Waals surface area contributed by atoms with Crippen molar-refractivity contribution in [3.05, 3.63) is 30.4 Å². The highest BCUT2D eigenvalue weighted by Crippen LogP contribution is 2.20. The third-order valence-corrected chi connectivity index (χ3v) is 3.35. The fraction of sp³-hybridized carbons (Fsp3) is 0.333. The molecule has 0 aliphatic carbocycles. The van der Waals surface area contributed by atoms with Crippen molar-refractivity contribution < 1.29 is 19.4 Å². The number of fused-ring (bicyclic) bond motifs is 1. The van der Waals surface area contributed by atoms with Crippen LogP contribution in [0.3, 0.4) is 0 Å². The molecule has 3 heterocycles. The van der Waals surface area contributed by atoms with Gasteiger partial charge in [-0.1, -0.05) is 0 Å². The van der Waals surface area contributed by atoms with Crippen molar-refractivity contribution in [2.24, 2.45) is 0 Å². The first-order valence-electron chi connectivity index (χ1n) is 6.03. The van der Waals surface area contributed by atoms with Crippen LogP contribution in [0.4, 0.5) is 0 Å². The maximum absolute atomic E-state index is 12.3. The number of nitrogens with one attached hydrogen (secondary N) is 1. The number of aliphatic carboxylic acids is 1. The Morgan fingerprint density at radius 1 is 1.45 bits per heavy atom. The number of carbonyl (C=O) groups excluding carboxylic acids is 1. The minimum atomic E-state index is -1.37. The average Bonchev–Trinajstić information content (AvgIpc) is 3.05. The Hall–Kier alpha value is -2.48. The Kier molecular flexibility index (Phi) is 2.87. The van der Waals surface area contributed by atoms with Crippen molar-refractivity contribution in [1.82, 2.24) is 19.9 Å². The molecule has 0 saturated carbocycles.